The van der Waals surface area contributed by atoms with Gasteiger partial charge in [0.05, 0.1) is 0 Å². The maximum absolute atomic E-state index is 12.4. The third-order valence-corrected chi connectivity index (χ3v) is 4.99. The van der Waals surface area contributed by atoms with Gasteiger partial charge in [0.2, 0.25) is 11.8 Å². The van der Waals surface area contributed by atoms with E-state index in [1.54, 1.807) is 30.3 Å². The maximum atomic E-state index is 12.4. The molecule has 0 atom stereocenters. The highest BCUT2D eigenvalue weighted by Crippen LogP contribution is 2.26. The fourth-order valence-electron chi connectivity index (χ4n) is 3.08. The Morgan fingerprint density at radius 2 is 1.78 bits per heavy atom. The molecule has 3 aromatic rings. The van der Waals surface area contributed by atoms with Gasteiger partial charge in [-0.15, -0.1) is 0 Å². The zero-order valence-corrected chi connectivity index (χ0v) is 17.9. The van der Waals surface area contributed by atoms with Crippen molar-refractivity contribution in [3.63, 3.8) is 0 Å². The van der Waals surface area contributed by atoms with E-state index in [0.29, 0.717) is 34.2 Å². The fraction of sp³-hybridized carbons (Fsp3) is 0.0800. The highest BCUT2D eigenvalue weighted by atomic mass is 35.5. The molecule has 0 saturated heterocycles. The van der Waals surface area contributed by atoms with Gasteiger partial charge in [0.25, 0.3) is 0 Å². The second-order valence-corrected chi connectivity index (χ2v) is 7.42. The molecular weight excluding hydrogens is 428 g/mol. The van der Waals surface area contributed by atoms with Gasteiger partial charge in [-0.3, -0.25) is 4.79 Å². The molecule has 1 aliphatic heterocycles. The van der Waals surface area contributed by atoms with Crippen LogP contribution in [-0.2, 0) is 20.9 Å². The average molecular weight is 447 g/mol. The lowest BCUT2D eigenvalue weighted by molar-refractivity contribution is -0.129. The largest absolute Gasteiger partial charge is 0.488 e. The van der Waals surface area contributed by atoms with Crippen LogP contribution >= 0.6 is 11.6 Å². The Labute approximate surface area is 190 Å². The summed E-state index contributed by atoms with van der Waals surface area (Å²) in [6.45, 7) is 1.73. The summed E-state index contributed by atoms with van der Waals surface area (Å²) in [5.41, 5.74) is 2.99. The fourth-order valence-corrected chi connectivity index (χ4v) is 3.27. The Kier molecular flexibility index (Phi) is 6.33. The summed E-state index contributed by atoms with van der Waals surface area (Å²) in [4.78, 5) is 27.9. The lowest BCUT2D eigenvalue weighted by Crippen LogP contribution is -2.07. The van der Waals surface area contributed by atoms with Crippen molar-refractivity contribution >= 4 is 41.1 Å². The van der Waals surface area contributed by atoms with Crippen LogP contribution in [0.5, 0.6) is 5.75 Å². The van der Waals surface area contributed by atoms with Crippen LogP contribution in [0.3, 0.4) is 0 Å². The number of para-hydroxylation sites is 1. The van der Waals surface area contributed by atoms with E-state index >= 15 is 0 Å². The van der Waals surface area contributed by atoms with E-state index in [1.165, 1.54) is 6.92 Å². The van der Waals surface area contributed by atoms with Crippen LogP contribution in [0.1, 0.15) is 23.6 Å². The predicted molar refractivity (Wildman–Crippen MR) is 124 cm³/mol. The second kappa shape index (κ2) is 9.49. The Morgan fingerprint density at radius 3 is 2.53 bits per heavy atom. The van der Waals surface area contributed by atoms with Crippen molar-refractivity contribution in [1.82, 2.24) is 0 Å². The van der Waals surface area contributed by atoms with Gasteiger partial charge in [-0.25, -0.2) is 9.79 Å². The van der Waals surface area contributed by atoms with Gasteiger partial charge in [-0.2, -0.15) is 0 Å². The number of esters is 1. The minimum absolute atomic E-state index is 0.164. The Morgan fingerprint density at radius 1 is 1.06 bits per heavy atom. The highest BCUT2D eigenvalue weighted by molar-refractivity contribution is 6.31. The van der Waals surface area contributed by atoms with E-state index in [1.807, 2.05) is 48.5 Å². The molecule has 0 aromatic heterocycles. The third kappa shape index (κ3) is 5.04. The molecule has 0 fully saturated rings. The number of halogens is 1. The number of carbonyl (C=O) groups is 2. The standard InChI is InChI=1S/C25H19ClN2O4/c1-16(29)27-20-12-10-17(11-13-20)24-28-22(25(30)32-24)14-18-6-3-5-9-23(18)31-15-19-7-2-4-8-21(19)26/h2-14H,15H2,1H3,(H,27,29)/b22-14-. The van der Waals surface area contributed by atoms with Crippen LogP contribution < -0.4 is 10.1 Å². The van der Waals surface area contributed by atoms with Crippen molar-refractivity contribution in [3.05, 3.63) is 100 Å². The molecule has 4 rings (SSSR count). The van der Waals surface area contributed by atoms with Crippen molar-refractivity contribution in [3.8, 4) is 5.75 Å². The van der Waals surface area contributed by atoms with E-state index < -0.39 is 5.97 Å². The third-order valence-electron chi connectivity index (χ3n) is 4.62. The maximum Gasteiger partial charge on any atom is 0.363 e. The molecular formula is C25H19ClN2O4. The van der Waals surface area contributed by atoms with Crippen LogP contribution in [0, 0.1) is 0 Å². The molecule has 6 nitrogen and oxygen atoms in total. The van der Waals surface area contributed by atoms with E-state index in [2.05, 4.69) is 10.3 Å². The van der Waals surface area contributed by atoms with E-state index in [-0.39, 0.29) is 17.5 Å². The summed E-state index contributed by atoms with van der Waals surface area (Å²) in [6, 6.07) is 21.7. The number of rotatable bonds is 6. The number of aliphatic imine (C=N–C) groups is 1. The number of hydrogen-bond donors (Lipinski definition) is 1. The Balaban J connectivity index is 1.55. The number of nitrogens with zero attached hydrogens (tertiary/aromatic N) is 1. The molecule has 0 bridgehead atoms. The summed E-state index contributed by atoms with van der Waals surface area (Å²) in [7, 11) is 0. The summed E-state index contributed by atoms with van der Waals surface area (Å²) in [5.74, 6) is 0.0796. The first-order valence-corrected chi connectivity index (χ1v) is 10.2. The molecule has 1 heterocycles. The van der Waals surface area contributed by atoms with Crippen LogP contribution in [0.15, 0.2) is 83.5 Å². The summed E-state index contributed by atoms with van der Waals surface area (Å²) in [6.07, 6.45) is 1.63. The van der Waals surface area contributed by atoms with Gasteiger partial charge < -0.3 is 14.8 Å². The summed E-state index contributed by atoms with van der Waals surface area (Å²) in [5, 5.41) is 3.31. The predicted octanol–water partition coefficient (Wildman–Crippen LogP) is 5.22. The number of hydrogen-bond acceptors (Lipinski definition) is 5. The van der Waals surface area contributed by atoms with Gasteiger partial charge >= 0.3 is 5.97 Å². The quantitative estimate of drug-likeness (QED) is 0.416. The molecule has 32 heavy (non-hydrogen) atoms. The normalized spacial score (nSPS) is 14.1. The van der Waals surface area contributed by atoms with Crippen LogP contribution in [-0.4, -0.2) is 17.8 Å². The Bertz CT molecular complexity index is 1230. The van der Waals surface area contributed by atoms with Gasteiger partial charge in [0, 0.05) is 34.3 Å². The Hall–Kier alpha value is -3.90. The minimum atomic E-state index is -0.549. The van der Waals surface area contributed by atoms with Crippen LogP contribution in [0.25, 0.3) is 6.08 Å². The molecule has 7 heteroatoms. The molecule has 0 aliphatic carbocycles. The number of anilines is 1. The first kappa shape index (κ1) is 21.3. The number of nitrogens with one attached hydrogen (secondary N) is 1. The van der Waals surface area contributed by atoms with Gasteiger partial charge in [0.15, 0.2) is 5.70 Å². The monoisotopic (exact) mass is 446 g/mol. The van der Waals surface area contributed by atoms with Crippen molar-refractivity contribution in [1.29, 1.82) is 0 Å². The molecule has 160 valence electrons. The SMILES string of the molecule is CC(=O)Nc1ccc(C2=N/C(=C\c3ccccc3OCc3ccccc3Cl)C(=O)O2)cc1. The molecule has 0 unspecified atom stereocenters. The lowest BCUT2D eigenvalue weighted by Gasteiger charge is -2.10. The lowest BCUT2D eigenvalue weighted by atomic mass is 10.1. The van der Waals surface area contributed by atoms with Gasteiger partial charge in [0.1, 0.15) is 12.4 Å². The van der Waals surface area contributed by atoms with Crippen molar-refractivity contribution in [2.75, 3.05) is 5.32 Å². The molecule has 1 amide bonds. The van der Waals surface area contributed by atoms with E-state index in [9.17, 15) is 9.59 Å². The van der Waals surface area contributed by atoms with Crippen LogP contribution in [0.4, 0.5) is 5.69 Å². The average Bonchev–Trinajstić information content (AvgIpc) is 3.14. The van der Waals surface area contributed by atoms with Crippen molar-refractivity contribution in [2.45, 2.75) is 13.5 Å². The zero-order chi connectivity index (χ0) is 22.5. The first-order valence-electron chi connectivity index (χ1n) is 9.85. The second-order valence-electron chi connectivity index (χ2n) is 7.01. The summed E-state index contributed by atoms with van der Waals surface area (Å²) < 4.78 is 11.3. The molecule has 0 radical (unpaired) electrons. The zero-order valence-electron chi connectivity index (χ0n) is 17.2. The number of amides is 1. The van der Waals surface area contributed by atoms with Gasteiger partial charge in [-0.05, 0) is 42.5 Å². The van der Waals surface area contributed by atoms with E-state index in [0.717, 1.165) is 5.56 Å². The number of ether oxygens (including phenoxy) is 2. The molecule has 0 saturated carbocycles. The van der Waals surface area contributed by atoms with Gasteiger partial charge in [-0.1, -0.05) is 48.0 Å². The molecule has 1 aliphatic rings. The molecule has 3 aromatic carbocycles. The topological polar surface area (TPSA) is 77.0 Å². The number of carbonyl (C=O) groups excluding carboxylic acids is 2. The highest BCUT2D eigenvalue weighted by Gasteiger charge is 2.24. The number of benzene rings is 3. The number of cyclic esters (lactones) is 1. The summed E-state index contributed by atoms with van der Waals surface area (Å²) >= 11 is 6.20. The van der Waals surface area contributed by atoms with Crippen molar-refractivity contribution in [2.24, 2.45) is 4.99 Å². The smallest absolute Gasteiger partial charge is 0.363 e. The molecule has 1 N–H and O–H groups in total. The van der Waals surface area contributed by atoms with E-state index in [4.69, 9.17) is 21.1 Å². The first-order chi connectivity index (χ1) is 15.5. The van der Waals surface area contributed by atoms with Crippen molar-refractivity contribution < 1.29 is 19.1 Å². The van der Waals surface area contributed by atoms with Crippen LogP contribution in [0.2, 0.25) is 5.02 Å². The molecule has 0 spiro atoms. The minimum Gasteiger partial charge on any atom is -0.488 e.